The fraction of sp³-hybridized carbons (Fsp3) is 0.300. The number of para-hydroxylation sites is 1. The van der Waals surface area contributed by atoms with Crippen LogP contribution in [0, 0.1) is 13.8 Å². The number of hydrogen-bond donors (Lipinski definition) is 1. The number of ether oxygens (including phenoxy) is 1. The smallest absolute Gasteiger partial charge is 0.256 e. The number of carbonyl (C=O) groups is 1. The van der Waals surface area contributed by atoms with Crippen LogP contribution in [0.25, 0.3) is 5.82 Å². The number of hydrogen-bond acceptors (Lipinski definition) is 3. The quantitative estimate of drug-likeness (QED) is 0.787. The minimum absolute atomic E-state index is 0.0356. The van der Waals surface area contributed by atoms with E-state index in [9.17, 15) is 4.79 Å². The normalized spacial score (nSPS) is 15.6. The van der Waals surface area contributed by atoms with Crippen molar-refractivity contribution in [1.82, 2.24) is 19.7 Å². The lowest BCUT2D eigenvalue weighted by atomic mass is 10.1. The molecular formula is C20H22N4O2. The molecule has 3 aromatic rings. The first-order valence-corrected chi connectivity index (χ1v) is 8.74. The van der Waals surface area contributed by atoms with E-state index < -0.39 is 0 Å². The van der Waals surface area contributed by atoms with Crippen LogP contribution >= 0.6 is 0 Å². The molecule has 0 radical (unpaired) electrons. The van der Waals surface area contributed by atoms with Crippen molar-refractivity contribution in [2.24, 2.45) is 7.05 Å². The largest absolute Gasteiger partial charge is 0.488 e. The van der Waals surface area contributed by atoms with E-state index in [1.165, 1.54) is 5.56 Å². The average molecular weight is 350 g/mol. The fourth-order valence-corrected chi connectivity index (χ4v) is 3.53. The summed E-state index contributed by atoms with van der Waals surface area (Å²) in [4.78, 5) is 12.8. The molecule has 0 saturated carbocycles. The van der Waals surface area contributed by atoms with Gasteiger partial charge in [-0.1, -0.05) is 18.2 Å². The summed E-state index contributed by atoms with van der Waals surface area (Å²) in [5.74, 6) is 1.55. The van der Waals surface area contributed by atoms with Crippen molar-refractivity contribution in [2.75, 3.05) is 6.54 Å². The third-order valence-corrected chi connectivity index (χ3v) is 4.84. The van der Waals surface area contributed by atoms with E-state index in [2.05, 4.69) is 16.5 Å². The molecule has 0 saturated heterocycles. The molecule has 0 spiro atoms. The van der Waals surface area contributed by atoms with E-state index in [4.69, 9.17) is 4.74 Å². The minimum atomic E-state index is -0.139. The lowest BCUT2D eigenvalue weighted by Crippen LogP contribution is -2.34. The third-order valence-electron chi connectivity index (χ3n) is 4.84. The molecule has 1 aromatic carbocycles. The summed E-state index contributed by atoms with van der Waals surface area (Å²) in [6.45, 7) is 4.50. The molecule has 0 fully saturated rings. The number of fused-ring (bicyclic) bond motifs is 1. The second-order valence-electron chi connectivity index (χ2n) is 6.72. The molecule has 3 heterocycles. The van der Waals surface area contributed by atoms with Gasteiger partial charge in [-0.2, -0.15) is 5.10 Å². The van der Waals surface area contributed by atoms with Crippen molar-refractivity contribution in [3.8, 4) is 11.6 Å². The molecule has 0 bridgehead atoms. The maximum atomic E-state index is 12.8. The molecule has 6 nitrogen and oxygen atoms in total. The molecule has 1 aliphatic heterocycles. The first kappa shape index (κ1) is 16.4. The summed E-state index contributed by atoms with van der Waals surface area (Å²) < 4.78 is 9.68. The topological polar surface area (TPSA) is 61.1 Å². The van der Waals surface area contributed by atoms with Gasteiger partial charge in [0.15, 0.2) is 0 Å². The number of nitrogens with one attached hydrogen (secondary N) is 1. The predicted octanol–water partition coefficient (Wildman–Crippen LogP) is 2.56. The molecule has 0 aliphatic carbocycles. The number of nitrogens with zero attached hydrogens (tertiary/aromatic N) is 3. The van der Waals surface area contributed by atoms with Gasteiger partial charge in [0, 0.05) is 24.9 Å². The van der Waals surface area contributed by atoms with Crippen molar-refractivity contribution in [1.29, 1.82) is 0 Å². The molecule has 1 N–H and O–H groups in total. The van der Waals surface area contributed by atoms with E-state index >= 15 is 0 Å². The van der Waals surface area contributed by atoms with Crippen LogP contribution in [0.15, 0.2) is 42.6 Å². The van der Waals surface area contributed by atoms with Crippen LogP contribution in [-0.2, 0) is 13.5 Å². The number of carbonyl (C=O) groups excluding carboxylic acids is 1. The summed E-state index contributed by atoms with van der Waals surface area (Å²) >= 11 is 0. The Morgan fingerprint density at radius 3 is 2.69 bits per heavy atom. The highest BCUT2D eigenvalue weighted by molar-refractivity contribution is 5.97. The van der Waals surface area contributed by atoms with E-state index in [1.54, 1.807) is 10.9 Å². The third kappa shape index (κ3) is 2.77. The maximum Gasteiger partial charge on any atom is 0.256 e. The summed E-state index contributed by atoms with van der Waals surface area (Å²) in [6.07, 6.45) is 2.39. The van der Waals surface area contributed by atoms with Gasteiger partial charge in [-0.25, -0.2) is 0 Å². The number of amides is 1. The van der Waals surface area contributed by atoms with Crippen LogP contribution in [0.5, 0.6) is 5.75 Å². The van der Waals surface area contributed by atoms with Gasteiger partial charge in [-0.15, -0.1) is 0 Å². The summed E-state index contributed by atoms with van der Waals surface area (Å²) in [7, 11) is 1.85. The van der Waals surface area contributed by atoms with Crippen molar-refractivity contribution < 1.29 is 9.53 Å². The second-order valence-corrected chi connectivity index (χ2v) is 6.72. The van der Waals surface area contributed by atoms with Gasteiger partial charge in [0.1, 0.15) is 23.2 Å². The van der Waals surface area contributed by atoms with Crippen LogP contribution in [0.4, 0.5) is 0 Å². The van der Waals surface area contributed by atoms with E-state index in [-0.39, 0.29) is 12.0 Å². The zero-order valence-electron chi connectivity index (χ0n) is 15.2. The van der Waals surface area contributed by atoms with Gasteiger partial charge in [-0.3, -0.25) is 9.48 Å². The zero-order chi connectivity index (χ0) is 18.3. The monoisotopic (exact) mass is 350 g/mol. The summed E-state index contributed by atoms with van der Waals surface area (Å²) in [5.41, 5.74) is 3.88. The molecule has 1 unspecified atom stereocenters. The van der Waals surface area contributed by atoms with Crippen molar-refractivity contribution in [3.63, 3.8) is 0 Å². The van der Waals surface area contributed by atoms with Gasteiger partial charge < -0.3 is 14.6 Å². The van der Waals surface area contributed by atoms with Crippen molar-refractivity contribution in [2.45, 2.75) is 26.4 Å². The van der Waals surface area contributed by atoms with E-state index in [1.807, 2.05) is 55.8 Å². The number of aryl methyl sites for hydroxylation is 3. The minimum Gasteiger partial charge on any atom is -0.488 e. The molecule has 1 amide bonds. The Morgan fingerprint density at radius 1 is 1.23 bits per heavy atom. The van der Waals surface area contributed by atoms with Crippen LogP contribution in [0.2, 0.25) is 0 Å². The predicted molar refractivity (Wildman–Crippen MR) is 98.9 cm³/mol. The van der Waals surface area contributed by atoms with Crippen molar-refractivity contribution >= 4 is 5.91 Å². The Hall–Kier alpha value is -3.02. The Labute approximate surface area is 152 Å². The molecular weight excluding hydrogens is 328 g/mol. The zero-order valence-corrected chi connectivity index (χ0v) is 15.2. The highest BCUT2D eigenvalue weighted by atomic mass is 16.5. The first-order chi connectivity index (χ1) is 12.5. The Bertz CT molecular complexity index is 926. The van der Waals surface area contributed by atoms with Gasteiger partial charge in [0.2, 0.25) is 0 Å². The molecule has 2 aromatic heterocycles. The number of aromatic nitrogens is 3. The summed E-state index contributed by atoms with van der Waals surface area (Å²) in [5, 5.41) is 7.29. The summed E-state index contributed by atoms with van der Waals surface area (Å²) in [6, 6.07) is 12.1. The highest BCUT2D eigenvalue weighted by Crippen LogP contribution is 2.28. The lowest BCUT2D eigenvalue weighted by Gasteiger charge is -2.14. The Morgan fingerprint density at radius 2 is 1.96 bits per heavy atom. The molecule has 26 heavy (non-hydrogen) atoms. The second kappa shape index (κ2) is 6.37. The maximum absolute atomic E-state index is 12.8. The Balaban J connectivity index is 1.50. The lowest BCUT2D eigenvalue weighted by molar-refractivity contribution is 0.0933. The van der Waals surface area contributed by atoms with Crippen LogP contribution < -0.4 is 10.1 Å². The van der Waals surface area contributed by atoms with Gasteiger partial charge in [0.05, 0.1) is 12.7 Å². The molecule has 4 rings (SSSR count). The van der Waals surface area contributed by atoms with Crippen LogP contribution in [-0.4, -0.2) is 32.9 Å². The van der Waals surface area contributed by atoms with E-state index in [0.29, 0.717) is 12.1 Å². The van der Waals surface area contributed by atoms with Crippen LogP contribution in [0.3, 0.4) is 0 Å². The first-order valence-electron chi connectivity index (χ1n) is 8.74. The Kier molecular flexibility index (Phi) is 4.03. The molecule has 6 heteroatoms. The van der Waals surface area contributed by atoms with Crippen LogP contribution in [0.1, 0.15) is 27.3 Å². The van der Waals surface area contributed by atoms with Crippen molar-refractivity contribution in [3.05, 3.63) is 65.1 Å². The van der Waals surface area contributed by atoms with E-state index in [0.717, 1.165) is 29.4 Å². The number of rotatable bonds is 4. The molecule has 1 atom stereocenters. The SMILES string of the molecule is Cc1ccc(C)n1-c1c(C(=O)NCC2Cc3ccccc3O2)cnn1C. The fourth-order valence-electron chi connectivity index (χ4n) is 3.53. The van der Waals surface area contributed by atoms with Gasteiger partial charge >= 0.3 is 0 Å². The highest BCUT2D eigenvalue weighted by Gasteiger charge is 2.24. The van der Waals surface area contributed by atoms with Gasteiger partial charge in [0.25, 0.3) is 5.91 Å². The molecule has 1 aliphatic rings. The van der Waals surface area contributed by atoms with Gasteiger partial charge in [-0.05, 0) is 37.6 Å². The standard InChI is InChI=1S/C20H22N4O2/c1-13-8-9-14(2)24(13)20-17(12-22-23(20)3)19(25)21-11-16-10-15-6-4-5-7-18(15)26-16/h4-9,12,16H,10-11H2,1-3H3,(H,21,25). The number of benzene rings is 1. The molecule has 134 valence electrons. The average Bonchev–Trinajstić information content (AvgIpc) is 3.30.